The number of benzene rings is 2. The maximum Gasteiger partial charge on any atom is 0.307 e. The van der Waals surface area contributed by atoms with Crippen LogP contribution in [0.25, 0.3) is 17.0 Å². The standard InChI is InChI=1S/C30H31Cl3N4O5S/c1-29(2,17-24(39)41-3)18-25(40)42-19-43-28(35-22-13-7-11-21-12-8-16-34-26(21)22)37-27(30(31,32)33)36-23(38)15-14-20-9-5-4-6-10-20/h4-16,27H,17-19H2,1-3H3,(H,35,37)(H,36,38)/b15-14+. The molecule has 228 valence electrons. The van der Waals surface area contributed by atoms with Crippen molar-refractivity contribution in [3.63, 3.8) is 0 Å². The number of amidine groups is 1. The van der Waals surface area contributed by atoms with Crippen molar-refractivity contribution >= 4 is 92.2 Å². The highest BCUT2D eigenvalue weighted by atomic mass is 35.6. The van der Waals surface area contributed by atoms with E-state index in [1.165, 1.54) is 13.2 Å². The predicted molar refractivity (Wildman–Crippen MR) is 174 cm³/mol. The van der Waals surface area contributed by atoms with Crippen LogP contribution in [0.3, 0.4) is 0 Å². The molecule has 1 atom stereocenters. The van der Waals surface area contributed by atoms with Gasteiger partial charge < -0.3 is 20.1 Å². The number of methoxy groups -OCH3 is 1. The van der Waals surface area contributed by atoms with E-state index in [1.807, 2.05) is 54.6 Å². The molecule has 0 fully saturated rings. The molecule has 0 bridgehead atoms. The number of anilines is 1. The molecule has 0 saturated carbocycles. The fraction of sp³-hybridized carbons (Fsp3) is 0.300. The van der Waals surface area contributed by atoms with E-state index in [1.54, 1.807) is 32.2 Å². The van der Waals surface area contributed by atoms with Crippen molar-refractivity contribution in [1.82, 2.24) is 10.3 Å². The summed E-state index contributed by atoms with van der Waals surface area (Å²) in [6.45, 7) is 3.53. The Morgan fingerprint density at radius 2 is 1.70 bits per heavy atom. The molecule has 13 heteroatoms. The third kappa shape index (κ3) is 11.7. The largest absolute Gasteiger partial charge is 0.469 e. The number of nitrogens with one attached hydrogen (secondary N) is 2. The molecule has 1 aromatic heterocycles. The van der Waals surface area contributed by atoms with Crippen molar-refractivity contribution in [1.29, 1.82) is 0 Å². The van der Waals surface area contributed by atoms with Gasteiger partial charge in [-0.2, -0.15) is 0 Å². The first-order valence-electron chi connectivity index (χ1n) is 13.0. The molecule has 0 radical (unpaired) electrons. The van der Waals surface area contributed by atoms with E-state index in [0.717, 1.165) is 22.7 Å². The Morgan fingerprint density at radius 3 is 2.40 bits per heavy atom. The fourth-order valence-electron chi connectivity index (χ4n) is 3.77. The van der Waals surface area contributed by atoms with Crippen LogP contribution in [0.4, 0.5) is 5.69 Å². The summed E-state index contributed by atoms with van der Waals surface area (Å²) in [7, 11) is 1.29. The van der Waals surface area contributed by atoms with Gasteiger partial charge in [0.1, 0.15) is 5.94 Å². The molecule has 0 aliphatic carbocycles. The molecule has 43 heavy (non-hydrogen) atoms. The number of rotatable bonds is 11. The Kier molecular flexibility index (Phi) is 12.7. The number of hydrogen-bond acceptors (Lipinski definition) is 8. The van der Waals surface area contributed by atoms with Crippen LogP contribution in [0, 0.1) is 5.41 Å². The van der Waals surface area contributed by atoms with E-state index in [2.05, 4.69) is 20.6 Å². The number of hydrogen-bond donors (Lipinski definition) is 2. The number of ether oxygens (including phenoxy) is 2. The van der Waals surface area contributed by atoms with Crippen LogP contribution in [0.1, 0.15) is 32.3 Å². The number of pyridine rings is 1. The number of aliphatic imine (C=N–C) groups is 1. The highest BCUT2D eigenvalue weighted by Crippen LogP contribution is 2.32. The third-order valence-electron chi connectivity index (χ3n) is 5.83. The highest BCUT2D eigenvalue weighted by molar-refractivity contribution is 8.14. The number of fused-ring (bicyclic) bond motifs is 1. The second-order valence-electron chi connectivity index (χ2n) is 10.0. The highest BCUT2D eigenvalue weighted by Gasteiger charge is 2.34. The number of carbonyl (C=O) groups is 3. The summed E-state index contributed by atoms with van der Waals surface area (Å²) in [5, 5.41) is 6.82. The summed E-state index contributed by atoms with van der Waals surface area (Å²) in [5.74, 6) is -1.65. The van der Waals surface area contributed by atoms with Crippen LogP contribution >= 0.6 is 46.6 Å². The van der Waals surface area contributed by atoms with Gasteiger partial charge in [-0.1, -0.05) is 97.2 Å². The fourth-order valence-corrected chi connectivity index (χ4v) is 4.74. The van der Waals surface area contributed by atoms with Gasteiger partial charge >= 0.3 is 11.9 Å². The molecule has 1 heterocycles. The number of thioether (sulfide) groups is 1. The molecule has 9 nitrogen and oxygen atoms in total. The quantitative estimate of drug-likeness (QED) is 0.0577. The minimum Gasteiger partial charge on any atom is -0.469 e. The van der Waals surface area contributed by atoms with Gasteiger partial charge in [-0.25, -0.2) is 4.99 Å². The molecule has 3 aromatic rings. The zero-order valence-electron chi connectivity index (χ0n) is 23.7. The molecule has 0 aliphatic rings. The number of alkyl halides is 3. The van der Waals surface area contributed by atoms with E-state index >= 15 is 0 Å². The Labute approximate surface area is 269 Å². The average molecular weight is 666 g/mol. The van der Waals surface area contributed by atoms with Gasteiger partial charge in [-0.3, -0.25) is 19.4 Å². The SMILES string of the molecule is COC(=O)CC(C)(C)CC(=O)OCSC(=NC(NC(=O)/C=C/c1ccccc1)C(Cl)(Cl)Cl)Nc1cccc2cccnc12. The zero-order valence-corrected chi connectivity index (χ0v) is 26.8. The van der Waals surface area contributed by atoms with E-state index in [0.29, 0.717) is 11.2 Å². The number of nitrogens with zero attached hydrogens (tertiary/aromatic N) is 2. The van der Waals surface area contributed by atoms with Gasteiger partial charge in [0.15, 0.2) is 11.3 Å². The number of aromatic nitrogens is 1. The maximum atomic E-state index is 12.7. The smallest absolute Gasteiger partial charge is 0.307 e. The summed E-state index contributed by atoms with van der Waals surface area (Å²) in [5.41, 5.74) is 1.38. The lowest BCUT2D eigenvalue weighted by atomic mass is 9.86. The molecular weight excluding hydrogens is 635 g/mol. The summed E-state index contributed by atoms with van der Waals surface area (Å²) in [6, 6.07) is 18.5. The normalized spacial score (nSPS) is 13.0. The lowest BCUT2D eigenvalue weighted by Gasteiger charge is -2.23. The second-order valence-corrected chi connectivity index (χ2v) is 13.3. The van der Waals surface area contributed by atoms with Crippen LogP contribution < -0.4 is 10.6 Å². The summed E-state index contributed by atoms with van der Waals surface area (Å²) in [4.78, 5) is 45.9. The molecule has 0 aliphatic heterocycles. The number of para-hydroxylation sites is 1. The molecule has 1 unspecified atom stereocenters. The summed E-state index contributed by atoms with van der Waals surface area (Å²) in [6.07, 6.45) is 3.29. The van der Waals surface area contributed by atoms with E-state index in [-0.39, 0.29) is 23.9 Å². The van der Waals surface area contributed by atoms with Crippen molar-refractivity contribution < 1.29 is 23.9 Å². The number of halogens is 3. The molecule has 3 rings (SSSR count). The molecule has 0 saturated heterocycles. The zero-order chi connectivity index (χ0) is 31.5. The first-order valence-corrected chi connectivity index (χ1v) is 15.1. The topological polar surface area (TPSA) is 119 Å². The number of amides is 1. The predicted octanol–water partition coefficient (Wildman–Crippen LogP) is 6.74. The van der Waals surface area contributed by atoms with E-state index in [9.17, 15) is 14.4 Å². The Hall–Kier alpha value is -3.31. The van der Waals surface area contributed by atoms with Gasteiger partial charge in [0.2, 0.25) is 9.70 Å². The van der Waals surface area contributed by atoms with Crippen LogP contribution in [-0.2, 0) is 23.9 Å². The monoisotopic (exact) mass is 664 g/mol. The van der Waals surface area contributed by atoms with Crippen molar-refractivity contribution in [2.24, 2.45) is 10.4 Å². The van der Waals surface area contributed by atoms with Crippen LogP contribution in [0.15, 0.2) is 77.9 Å². The van der Waals surface area contributed by atoms with Crippen molar-refractivity contribution in [2.45, 2.75) is 36.6 Å². The lowest BCUT2D eigenvalue weighted by molar-refractivity contribution is -0.147. The molecule has 0 spiro atoms. The minimum absolute atomic E-state index is 0.0175. The molecule has 2 aromatic carbocycles. The number of carbonyl (C=O) groups excluding carboxylic acids is 3. The van der Waals surface area contributed by atoms with Crippen LogP contribution in [-0.4, -0.2) is 51.0 Å². The minimum atomic E-state index is -2.03. The third-order valence-corrected chi connectivity index (χ3v) is 7.16. The maximum absolute atomic E-state index is 12.7. The first kappa shape index (κ1) is 34.2. The molecular formula is C30H31Cl3N4O5S. The van der Waals surface area contributed by atoms with Crippen molar-refractivity contribution in [3.8, 4) is 0 Å². The van der Waals surface area contributed by atoms with Gasteiger partial charge in [-0.15, -0.1) is 0 Å². The van der Waals surface area contributed by atoms with Crippen LogP contribution in [0.2, 0.25) is 0 Å². The average Bonchev–Trinajstić information content (AvgIpc) is 2.95. The van der Waals surface area contributed by atoms with Gasteiger partial charge in [0.05, 0.1) is 31.2 Å². The Morgan fingerprint density at radius 1 is 1.00 bits per heavy atom. The van der Waals surface area contributed by atoms with Crippen LogP contribution in [0.5, 0.6) is 0 Å². The Balaban J connectivity index is 1.81. The van der Waals surface area contributed by atoms with Gasteiger partial charge in [0, 0.05) is 17.7 Å². The van der Waals surface area contributed by atoms with Crippen molar-refractivity contribution in [2.75, 3.05) is 18.4 Å². The van der Waals surface area contributed by atoms with E-state index < -0.39 is 33.2 Å². The number of esters is 2. The van der Waals surface area contributed by atoms with Crippen molar-refractivity contribution in [3.05, 3.63) is 78.5 Å². The Bertz CT molecular complexity index is 1470. The van der Waals surface area contributed by atoms with Gasteiger partial charge in [0.25, 0.3) is 0 Å². The molecule has 2 N–H and O–H groups in total. The second kappa shape index (κ2) is 16.0. The van der Waals surface area contributed by atoms with E-state index in [4.69, 9.17) is 44.3 Å². The lowest BCUT2D eigenvalue weighted by Crippen LogP contribution is -2.42. The van der Waals surface area contributed by atoms with Gasteiger partial charge in [-0.05, 0) is 40.9 Å². The summed E-state index contributed by atoms with van der Waals surface area (Å²) < 4.78 is 8.10. The summed E-state index contributed by atoms with van der Waals surface area (Å²) >= 11 is 19.7. The molecule has 1 amide bonds. The first-order chi connectivity index (χ1) is 20.4.